The molecule has 7 heteroatoms. The van der Waals surface area contributed by atoms with E-state index in [0.717, 1.165) is 50.1 Å². The third kappa shape index (κ3) is 6.04. The van der Waals surface area contributed by atoms with Gasteiger partial charge in [-0.3, -0.25) is 10.3 Å². The van der Waals surface area contributed by atoms with Gasteiger partial charge in [-0.1, -0.05) is 30.0 Å². The number of para-hydroxylation sites is 1. The minimum atomic E-state index is -0.687. The van der Waals surface area contributed by atoms with Crippen molar-refractivity contribution in [3.63, 3.8) is 0 Å². The summed E-state index contributed by atoms with van der Waals surface area (Å²) in [5.41, 5.74) is 1.76. The van der Waals surface area contributed by atoms with Crippen molar-refractivity contribution in [1.29, 1.82) is 5.41 Å². The van der Waals surface area contributed by atoms with Gasteiger partial charge in [-0.25, -0.2) is 9.97 Å². The second-order valence-corrected chi connectivity index (χ2v) is 8.99. The fraction of sp³-hybridized carbons (Fsp3) is 0.321. The van der Waals surface area contributed by atoms with Crippen LogP contribution in [0.5, 0.6) is 11.5 Å². The number of aliphatic hydroxyl groups excluding tert-OH is 1. The maximum Gasteiger partial charge on any atom is 0.170 e. The summed E-state index contributed by atoms with van der Waals surface area (Å²) in [6.45, 7) is 1.53. The van der Waals surface area contributed by atoms with E-state index in [0.29, 0.717) is 28.8 Å². The highest BCUT2D eigenvalue weighted by atomic mass is 16.5. The van der Waals surface area contributed by atoms with Crippen molar-refractivity contribution in [2.45, 2.75) is 38.0 Å². The van der Waals surface area contributed by atoms with E-state index in [-0.39, 0.29) is 6.04 Å². The number of likely N-dealkylation sites (tertiary alicyclic amines) is 1. The summed E-state index contributed by atoms with van der Waals surface area (Å²) in [5, 5.41) is 22.6. The fourth-order valence-corrected chi connectivity index (χ4v) is 4.09. The first-order chi connectivity index (χ1) is 17.2. The van der Waals surface area contributed by atoms with Crippen LogP contribution >= 0.6 is 0 Å². The molecule has 1 atom stereocenters. The zero-order chi connectivity index (χ0) is 24.0. The Kier molecular flexibility index (Phi) is 7.03. The van der Waals surface area contributed by atoms with Gasteiger partial charge in [0.25, 0.3) is 0 Å². The number of benzene rings is 2. The number of hydrogen-bond acceptors (Lipinski definition) is 7. The monoisotopic (exact) mass is 467 g/mol. The Morgan fingerprint density at radius 2 is 1.74 bits per heavy atom. The molecule has 0 amide bonds. The summed E-state index contributed by atoms with van der Waals surface area (Å²) >= 11 is 0. The number of nitrogens with one attached hydrogen (secondary N) is 2. The molecule has 0 bridgehead atoms. The molecule has 1 saturated heterocycles. The van der Waals surface area contributed by atoms with Gasteiger partial charge in [0.1, 0.15) is 23.6 Å². The molecule has 35 heavy (non-hydrogen) atoms. The number of anilines is 1. The molecule has 5 rings (SSSR count). The van der Waals surface area contributed by atoms with Crippen molar-refractivity contribution in [1.82, 2.24) is 14.9 Å². The molecule has 3 aromatic rings. The smallest absolute Gasteiger partial charge is 0.170 e. The summed E-state index contributed by atoms with van der Waals surface area (Å²) in [5.74, 6) is 8.77. The Morgan fingerprint density at radius 1 is 1.03 bits per heavy atom. The van der Waals surface area contributed by atoms with Gasteiger partial charge >= 0.3 is 0 Å². The van der Waals surface area contributed by atoms with E-state index in [9.17, 15) is 5.11 Å². The third-order valence-electron chi connectivity index (χ3n) is 6.31. The average molecular weight is 468 g/mol. The van der Waals surface area contributed by atoms with Gasteiger partial charge in [-0.15, -0.1) is 0 Å². The molecule has 178 valence electrons. The molecule has 1 aliphatic heterocycles. The van der Waals surface area contributed by atoms with Crippen LogP contribution in [-0.2, 0) is 0 Å². The van der Waals surface area contributed by atoms with Crippen molar-refractivity contribution >= 4 is 11.5 Å². The lowest BCUT2D eigenvalue weighted by Gasteiger charge is -2.34. The average Bonchev–Trinajstić information content (AvgIpc) is 3.73. The van der Waals surface area contributed by atoms with E-state index >= 15 is 0 Å². The number of piperidine rings is 1. The molecule has 7 nitrogen and oxygen atoms in total. The van der Waals surface area contributed by atoms with Gasteiger partial charge in [-0.05, 0) is 62.1 Å². The van der Waals surface area contributed by atoms with E-state index in [1.165, 1.54) is 6.33 Å². The highest BCUT2D eigenvalue weighted by Gasteiger charge is 2.25. The number of nitrogens with zero attached hydrogens (tertiary/aromatic N) is 3. The molecule has 2 aromatic carbocycles. The van der Waals surface area contributed by atoms with E-state index in [1.54, 1.807) is 6.20 Å². The van der Waals surface area contributed by atoms with Gasteiger partial charge in [0.2, 0.25) is 0 Å². The molecule has 2 aliphatic rings. The minimum Gasteiger partial charge on any atom is -0.457 e. The van der Waals surface area contributed by atoms with Crippen LogP contribution in [0.15, 0.2) is 67.1 Å². The quantitative estimate of drug-likeness (QED) is 0.354. The second-order valence-electron chi connectivity index (χ2n) is 8.99. The van der Waals surface area contributed by atoms with Gasteiger partial charge < -0.3 is 15.2 Å². The molecule has 1 aliphatic carbocycles. The zero-order valence-corrected chi connectivity index (χ0v) is 19.5. The van der Waals surface area contributed by atoms with E-state index in [1.807, 2.05) is 59.5 Å². The topological polar surface area (TPSA) is 94.4 Å². The summed E-state index contributed by atoms with van der Waals surface area (Å²) in [7, 11) is 0. The van der Waals surface area contributed by atoms with Crippen LogP contribution in [0.25, 0.3) is 0 Å². The first-order valence-corrected chi connectivity index (χ1v) is 12.1. The zero-order valence-electron chi connectivity index (χ0n) is 19.5. The molecule has 1 saturated carbocycles. The van der Waals surface area contributed by atoms with Crippen LogP contribution in [-0.4, -0.2) is 51.0 Å². The molecule has 2 fully saturated rings. The second kappa shape index (κ2) is 10.7. The highest BCUT2D eigenvalue weighted by molar-refractivity contribution is 6.13. The van der Waals surface area contributed by atoms with E-state index in [2.05, 4.69) is 27.1 Å². The van der Waals surface area contributed by atoms with Crippen LogP contribution in [0.3, 0.4) is 0 Å². The number of aliphatic hydroxyl groups is 1. The Labute approximate surface area is 205 Å². The lowest BCUT2D eigenvalue weighted by Crippen LogP contribution is -2.44. The Bertz CT molecular complexity index is 1210. The van der Waals surface area contributed by atoms with Crippen LogP contribution in [0.2, 0.25) is 0 Å². The number of ether oxygens (including phenoxy) is 1. The standard InChI is InChI=1S/C28H29N5O2/c29-27(21-9-11-24(12-10-21)35-23-4-2-1-3-5-23)25-18-30-19-31-28(25)32-22-14-16-33(17-15-22)26(34)13-8-20-6-7-20/h1-5,9-12,18-20,22,26,29,34H,6-7,14-17H2,(H,30,31,32). The maximum absolute atomic E-state index is 10.3. The van der Waals surface area contributed by atoms with E-state index < -0.39 is 6.23 Å². The first-order valence-electron chi connectivity index (χ1n) is 12.1. The third-order valence-corrected chi connectivity index (χ3v) is 6.31. The largest absolute Gasteiger partial charge is 0.457 e. The van der Waals surface area contributed by atoms with Crippen molar-refractivity contribution in [2.75, 3.05) is 18.4 Å². The molecule has 0 spiro atoms. The number of aromatic nitrogens is 2. The predicted octanol–water partition coefficient (Wildman–Crippen LogP) is 4.29. The summed E-state index contributed by atoms with van der Waals surface area (Å²) < 4.78 is 5.86. The fourth-order valence-electron chi connectivity index (χ4n) is 4.09. The van der Waals surface area contributed by atoms with Gasteiger partial charge in [0, 0.05) is 36.8 Å². The first kappa shape index (κ1) is 23.0. The summed E-state index contributed by atoms with van der Waals surface area (Å²) in [6, 6.07) is 17.3. The number of hydrogen-bond donors (Lipinski definition) is 3. The summed E-state index contributed by atoms with van der Waals surface area (Å²) in [6.07, 6.45) is 6.55. The Hall–Kier alpha value is -3.73. The van der Waals surface area contributed by atoms with Crippen LogP contribution in [0, 0.1) is 23.2 Å². The molecular formula is C28H29N5O2. The Balaban J connectivity index is 1.20. The molecule has 3 N–H and O–H groups in total. The van der Waals surface area contributed by atoms with Crippen LogP contribution in [0.1, 0.15) is 36.8 Å². The molecule has 0 radical (unpaired) electrons. The highest BCUT2D eigenvalue weighted by Crippen LogP contribution is 2.28. The van der Waals surface area contributed by atoms with Crippen molar-refractivity contribution in [3.05, 3.63) is 78.2 Å². The van der Waals surface area contributed by atoms with Crippen molar-refractivity contribution in [3.8, 4) is 23.3 Å². The maximum atomic E-state index is 10.3. The number of rotatable bonds is 7. The van der Waals surface area contributed by atoms with Gasteiger partial charge in [-0.2, -0.15) is 0 Å². The lowest BCUT2D eigenvalue weighted by atomic mass is 10.0. The minimum absolute atomic E-state index is 0.206. The van der Waals surface area contributed by atoms with E-state index in [4.69, 9.17) is 10.1 Å². The van der Waals surface area contributed by atoms with Gasteiger partial charge in [0.05, 0.1) is 11.3 Å². The summed E-state index contributed by atoms with van der Waals surface area (Å²) in [4.78, 5) is 10.6. The predicted molar refractivity (Wildman–Crippen MR) is 136 cm³/mol. The van der Waals surface area contributed by atoms with Crippen LogP contribution < -0.4 is 10.1 Å². The molecule has 1 aromatic heterocycles. The normalized spacial score (nSPS) is 17.2. The van der Waals surface area contributed by atoms with Crippen molar-refractivity contribution < 1.29 is 9.84 Å². The SMILES string of the molecule is N=C(c1ccc(Oc2ccccc2)cc1)c1cncnc1NC1CCN(C(O)C#CC2CC2)CC1. The van der Waals surface area contributed by atoms with Crippen molar-refractivity contribution in [2.24, 2.45) is 5.92 Å². The molecule has 1 unspecified atom stereocenters. The van der Waals surface area contributed by atoms with Gasteiger partial charge in [0.15, 0.2) is 6.23 Å². The Morgan fingerprint density at radius 3 is 2.46 bits per heavy atom. The molecular weight excluding hydrogens is 438 g/mol. The lowest BCUT2D eigenvalue weighted by molar-refractivity contribution is 0.0330. The van der Waals surface area contributed by atoms with Crippen LogP contribution in [0.4, 0.5) is 5.82 Å². The molecule has 2 heterocycles.